The van der Waals surface area contributed by atoms with Crippen molar-refractivity contribution in [1.82, 2.24) is 0 Å². The van der Waals surface area contributed by atoms with Gasteiger partial charge in [-0.3, -0.25) is 0 Å². The number of allylic oxidation sites excluding steroid dienone is 4. The maximum atomic E-state index is 3.84. The van der Waals surface area contributed by atoms with Crippen LogP contribution < -0.4 is 4.90 Å². The Bertz CT molecular complexity index is 626. The van der Waals surface area contributed by atoms with Gasteiger partial charge in [0.15, 0.2) is 0 Å². The molecule has 0 N–H and O–H groups in total. The highest BCUT2D eigenvalue weighted by Crippen LogP contribution is 2.43. The molecular weight excluding hydrogens is 254 g/mol. The summed E-state index contributed by atoms with van der Waals surface area (Å²) in [5, 5.41) is 0. The molecule has 0 spiro atoms. The summed E-state index contributed by atoms with van der Waals surface area (Å²) in [7, 11) is 0. The van der Waals surface area contributed by atoms with E-state index in [1.807, 2.05) is 6.08 Å². The van der Waals surface area contributed by atoms with Crippen molar-refractivity contribution in [2.24, 2.45) is 11.8 Å². The van der Waals surface area contributed by atoms with Gasteiger partial charge in [0.25, 0.3) is 0 Å². The van der Waals surface area contributed by atoms with Crippen LogP contribution in [-0.4, -0.2) is 12.1 Å². The van der Waals surface area contributed by atoms with Crippen molar-refractivity contribution in [2.45, 2.75) is 12.1 Å². The van der Waals surface area contributed by atoms with Crippen LogP contribution >= 0.6 is 0 Å². The molecule has 4 rings (SSSR count). The third-order valence-electron chi connectivity index (χ3n) is 4.81. The van der Waals surface area contributed by atoms with Gasteiger partial charge in [-0.2, -0.15) is 0 Å². The summed E-state index contributed by atoms with van der Waals surface area (Å²) in [6.45, 7) is 3.84. The largest absolute Gasteiger partial charge is 0.357 e. The van der Waals surface area contributed by atoms with Gasteiger partial charge in [-0.15, -0.1) is 0 Å². The van der Waals surface area contributed by atoms with E-state index in [1.54, 1.807) is 0 Å². The van der Waals surface area contributed by atoms with E-state index in [4.69, 9.17) is 0 Å². The molecule has 4 unspecified atom stereocenters. The van der Waals surface area contributed by atoms with E-state index < -0.39 is 0 Å². The van der Waals surface area contributed by atoms with Crippen molar-refractivity contribution >= 4 is 11.8 Å². The molecule has 1 fully saturated rings. The molecule has 0 aromatic heterocycles. The highest BCUT2D eigenvalue weighted by atomic mass is 15.2. The maximum Gasteiger partial charge on any atom is 0.0551 e. The maximum absolute atomic E-state index is 3.84. The Morgan fingerprint density at radius 3 is 1.81 bits per heavy atom. The second kappa shape index (κ2) is 4.92. The van der Waals surface area contributed by atoms with E-state index >= 15 is 0 Å². The van der Waals surface area contributed by atoms with Gasteiger partial charge >= 0.3 is 0 Å². The first-order valence-corrected chi connectivity index (χ1v) is 7.59. The fourth-order valence-electron chi connectivity index (χ4n) is 3.82. The molecule has 104 valence electrons. The number of hydrogen-bond acceptors (Lipinski definition) is 1. The van der Waals surface area contributed by atoms with Gasteiger partial charge in [0.05, 0.1) is 12.1 Å². The SMILES string of the molecule is C=Cc1ccc(N2C3C=CC=CC3C3C=CC=CC32)cc1. The lowest BCUT2D eigenvalue weighted by Gasteiger charge is -2.32. The Morgan fingerprint density at radius 1 is 0.762 bits per heavy atom. The summed E-state index contributed by atoms with van der Waals surface area (Å²) < 4.78 is 0. The monoisotopic (exact) mass is 273 g/mol. The van der Waals surface area contributed by atoms with Crippen molar-refractivity contribution in [2.75, 3.05) is 4.90 Å². The average molecular weight is 273 g/mol. The fraction of sp³-hybridized carbons (Fsp3) is 0.200. The zero-order valence-electron chi connectivity index (χ0n) is 12.0. The number of benzene rings is 1. The molecule has 1 nitrogen and oxygen atoms in total. The normalized spacial score (nSPS) is 32.1. The van der Waals surface area contributed by atoms with Crippen molar-refractivity contribution in [3.05, 3.63) is 85.0 Å². The van der Waals surface area contributed by atoms with Crippen LogP contribution in [-0.2, 0) is 0 Å². The third kappa shape index (κ3) is 1.92. The molecule has 0 bridgehead atoms. The Labute approximate surface area is 126 Å². The summed E-state index contributed by atoms with van der Waals surface area (Å²) >= 11 is 0. The van der Waals surface area contributed by atoms with Crippen LogP contribution in [0.1, 0.15) is 5.56 Å². The second-order valence-corrected chi connectivity index (χ2v) is 5.88. The first kappa shape index (κ1) is 12.5. The molecule has 1 aromatic rings. The third-order valence-corrected chi connectivity index (χ3v) is 4.81. The molecule has 0 saturated carbocycles. The van der Waals surface area contributed by atoms with Crippen molar-refractivity contribution < 1.29 is 0 Å². The second-order valence-electron chi connectivity index (χ2n) is 5.88. The lowest BCUT2D eigenvalue weighted by molar-refractivity contribution is 0.527. The van der Waals surface area contributed by atoms with Crippen LogP contribution in [0.15, 0.2) is 79.5 Å². The van der Waals surface area contributed by atoms with Crippen molar-refractivity contribution in [3.8, 4) is 0 Å². The minimum atomic E-state index is 0.451. The molecule has 3 aliphatic rings. The minimum Gasteiger partial charge on any atom is -0.357 e. The molecule has 2 aliphatic carbocycles. The minimum absolute atomic E-state index is 0.451. The van der Waals surface area contributed by atoms with E-state index in [-0.39, 0.29) is 0 Å². The van der Waals surface area contributed by atoms with Gasteiger partial charge in [-0.05, 0) is 17.7 Å². The number of anilines is 1. The topological polar surface area (TPSA) is 3.24 Å². The van der Waals surface area contributed by atoms with E-state index in [1.165, 1.54) is 11.3 Å². The molecule has 0 radical (unpaired) electrons. The van der Waals surface area contributed by atoms with Crippen LogP contribution in [0.2, 0.25) is 0 Å². The van der Waals surface area contributed by atoms with Gasteiger partial charge in [-0.25, -0.2) is 0 Å². The van der Waals surface area contributed by atoms with Gasteiger partial charge in [0.2, 0.25) is 0 Å². The summed E-state index contributed by atoms with van der Waals surface area (Å²) in [6.07, 6.45) is 20.0. The summed E-state index contributed by atoms with van der Waals surface area (Å²) in [5.74, 6) is 1.14. The van der Waals surface area contributed by atoms with Crippen LogP contribution in [0.3, 0.4) is 0 Å². The van der Waals surface area contributed by atoms with Gasteiger partial charge in [0.1, 0.15) is 0 Å². The average Bonchev–Trinajstić information content (AvgIpc) is 2.90. The predicted octanol–water partition coefficient (Wildman–Crippen LogP) is 4.37. The predicted molar refractivity (Wildman–Crippen MR) is 90.1 cm³/mol. The van der Waals surface area contributed by atoms with E-state index in [9.17, 15) is 0 Å². The Kier molecular flexibility index (Phi) is 2.92. The van der Waals surface area contributed by atoms with E-state index in [0.717, 1.165) is 0 Å². The molecule has 1 heterocycles. The number of hydrogen-bond donors (Lipinski definition) is 0. The van der Waals surface area contributed by atoms with Gasteiger partial charge < -0.3 is 4.90 Å². The smallest absolute Gasteiger partial charge is 0.0551 e. The number of rotatable bonds is 2. The molecule has 0 amide bonds. The van der Waals surface area contributed by atoms with Crippen molar-refractivity contribution in [3.63, 3.8) is 0 Å². The molecule has 21 heavy (non-hydrogen) atoms. The standard InChI is InChI=1S/C20H19N/c1-2-15-11-13-16(14-12-15)21-19-9-5-3-7-17(19)18-8-4-6-10-20(18)21/h2-14,17-20H,1H2. The Hall–Kier alpha value is -2.28. The summed E-state index contributed by atoms with van der Waals surface area (Å²) in [6, 6.07) is 9.63. The highest BCUT2D eigenvalue weighted by molar-refractivity contribution is 5.59. The number of nitrogens with zero attached hydrogens (tertiary/aromatic N) is 1. The summed E-state index contributed by atoms with van der Waals surface area (Å²) in [4.78, 5) is 2.56. The number of fused-ring (bicyclic) bond motifs is 3. The first-order chi connectivity index (χ1) is 10.4. The molecule has 1 heteroatoms. The van der Waals surface area contributed by atoms with Crippen LogP contribution in [0.5, 0.6) is 0 Å². The van der Waals surface area contributed by atoms with E-state index in [0.29, 0.717) is 23.9 Å². The molecule has 1 aliphatic heterocycles. The van der Waals surface area contributed by atoms with Crippen LogP contribution in [0.4, 0.5) is 5.69 Å². The van der Waals surface area contributed by atoms with E-state index in [2.05, 4.69) is 84.4 Å². The summed E-state index contributed by atoms with van der Waals surface area (Å²) in [5.41, 5.74) is 2.47. The lowest BCUT2D eigenvalue weighted by Crippen LogP contribution is -2.36. The van der Waals surface area contributed by atoms with Gasteiger partial charge in [-0.1, -0.05) is 73.4 Å². The molecule has 4 atom stereocenters. The molecular formula is C20H19N. The highest BCUT2D eigenvalue weighted by Gasteiger charge is 2.45. The molecule has 1 aromatic carbocycles. The van der Waals surface area contributed by atoms with Crippen LogP contribution in [0.25, 0.3) is 6.08 Å². The zero-order valence-corrected chi connectivity index (χ0v) is 12.0. The zero-order chi connectivity index (χ0) is 14.2. The fourth-order valence-corrected chi connectivity index (χ4v) is 3.82. The quantitative estimate of drug-likeness (QED) is 0.773. The van der Waals surface area contributed by atoms with Gasteiger partial charge in [0, 0.05) is 17.5 Å². The van der Waals surface area contributed by atoms with Crippen molar-refractivity contribution in [1.29, 1.82) is 0 Å². The molecule has 1 saturated heterocycles. The Balaban J connectivity index is 1.76. The lowest BCUT2D eigenvalue weighted by atomic mass is 9.83. The Morgan fingerprint density at radius 2 is 1.29 bits per heavy atom. The first-order valence-electron chi connectivity index (χ1n) is 7.59. The van der Waals surface area contributed by atoms with Crippen LogP contribution in [0, 0.1) is 11.8 Å².